The van der Waals surface area contributed by atoms with E-state index in [0.29, 0.717) is 12.0 Å². The summed E-state index contributed by atoms with van der Waals surface area (Å²) in [6.07, 6.45) is 0.152. The molecule has 0 saturated carbocycles. The molecule has 1 aromatic rings. The lowest BCUT2D eigenvalue weighted by atomic mass is 9.93. The van der Waals surface area contributed by atoms with Gasteiger partial charge in [0, 0.05) is 25.2 Å². The molecule has 3 nitrogen and oxygen atoms in total. The summed E-state index contributed by atoms with van der Waals surface area (Å²) >= 11 is 0. The molecule has 0 radical (unpaired) electrons. The van der Waals surface area contributed by atoms with Gasteiger partial charge in [0.05, 0.1) is 12.7 Å². The van der Waals surface area contributed by atoms with Gasteiger partial charge in [-0.2, -0.15) is 0 Å². The average molecular weight is 262 g/mol. The van der Waals surface area contributed by atoms with Gasteiger partial charge in [-0.05, 0) is 18.4 Å². The van der Waals surface area contributed by atoms with Crippen molar-refractivity contribution in [2.45, 2.75) is 39.0 Å². The molecular weight excluding hydrogens is 236 g/mol. The number of nitrogens with zero attached hydrogens (tertiary/aromatic N) is 1. The minimum atomic E-state index is 0.0892. The van der Waals surface area contributed by atoms with Crippen LogP contribution in [0.4, 0.5) is 0 Å². The Morgan fingerprint density at radius 1 is 1.21 bits per heavy atom. The van der Waals surface area contributed by atoms with Crippen LogP contribution < -0.4 is 5.73 Å². The normalized spacial score (nSPS) is 24.4. The van der Waals surface area contributed by atoms with Gasteiger partial charge in [-0.1, -0.05) is 44.2 Å². The Kier molecular flexibility index (Phi) is 4.97. The number of benzene rings is 1. The lowest BCUT2D eigenvalue weighted by molar-refractivity contribution is -0.0584. The van der Waals surface area contributed by atoms with Crippen molar-refractivity contribution in [2.24, 2.45) is 11.7 Å². The van der Waals surface area contributed by atoms with Crippen molar-refractivity contribution in [3.8, 4) is 0 Å². The van der Waals surface area contributed by atoms with E-state index in [1.54, 1.807) is 0 Å². The highest BCUT2D eigenvalue weighted by Gasteiger charge is 2.30. The predicted molar refractivity (Wildman–Crippen MR) is 79.0 cm³/mol. The lowest BCUT2D eigenvalue weighted by Crippen LogP contribution is -2.51. The molecule has 0 amide bonds. The summed E-state index contributed by atoms with van der Waals surface area (Å²) in [7, 11) is 0. The first-order valence-corrected chi connectivity index (χ1v) is 7.25. The van der Waals surface area contributed by atoms with Gasteiger partial charge in [0.2, 0.25) is 0 Å². The van der Waals surface area contributed by atoms with Gasteiger partial charge in [-0.3, -0.25) is 4.90 Å². The molecule has 1 aliphatic rings. The standard InChI is InChI=1S/C16H26N2O/c1-12(2)16(14-7-5-4-6-8-14)18-9-10-19-15(11-18)13(3)17/h4-8,12-13,15-16H,9-11,17H2,1-3H3. The predicted octanol–water partition coefficient (Wildman–Crippen LogP) is 2.43. The van der Waals surface area contributed by atoms with Gasteiger partial charge in [-0.25, -0.2) is 0 Å². The van der Waals surface area contributed by atoms with Gasteiger partial charge in [0.1, 0.15) is 0 Å². The first kappa shape index (κ1) is 14.5. The molecule has 1 fully saturated rings. The van der Waals surface area contributed by atoms with Crippen molar-refractivity contribution in [1.82, 2.24) is 4.90 Å². The Balaban J connectivity index is 2.15. The van der Waals surface area contributed by atoms with Gasteiger partial charge < -0.3 is 10.5 Å². The van der Waals surface area contributed by atoms with Gasteiger partial charge >= 0.3 is 0 Å². The molecule has 3 atom stereocenters. The summed E-state index contributed by atoms with van der Waals surface area (Å²) in [4.78, 5) is 2.53. The molecule has 2 rings (SSSR count). The van der Waals surface area contributed by atoms with E-state index in [0.717, 1.165) is 19.7 Å². The molecule has 2 N–H and O–H groups in total. The maximum atomic E-state index is 5.99. The second-order valence-corrected chi connectivity index (χ2v) is 5.86. The van der Waals surface area contributed by atoms with E-state index in [4.69, 9.17) is 10.5 Å². The molecule has 1 aliphatic heterocycles. The molecule has 0 aromatic heterocycles. The molecular formula is C16H26N2O. The van der Waals surface area contributed by atoms with Crippen LogP contribution in [0.2, 0.25) is 0 Å². The Bertz CT molecular complexity index is 378. The van der Waals surface area contributed by atoms with Gasteiger partial charge in [-0.15, -0.1) is 0 Å². The molecule has 0 bridgehead atoms. The van der Waals surface area contributed by atoms with E-state index >= 15 is 0 Å². The number of hydrogen-bond donors (Lipinski definition) is 1. The molecule has 3 heteroatoms. The molecule has 19 heavy (non-hydrogen) atoms. The van der Waals surface area contributed by atoms with Crippen LogP contribution >= 0.6 is 0 Å². The van der Waals surface area contributed by atoms with E-state index < -0.39 is 0 Å². The summed E-state index contributed by atoms with van der Waals surface area (Å²) in [5.41, 5.74) is 7.38. The maximum absolute atomic E-state index is 5.99. The van der Waals surface area contributed by atoms with Crippen molar-refractivity contribution in [3.05, 3.63) is 35.9 Å². The van der Waals surface area contributed by atoms with E-state index in [9.17, 15) is 0 Å². The first-order chi connectivity index (χ1) is 9.09. The third kappa shape index (κ3) is 3.56. The first-order valence-electron chi connectivity index (χ1n) is 7.25. The monoisotopic (exact) mass is 262 g/mol. The molecule has 0 aliphatic carbocycles. The Hall–Kier alpha value is -0.900. The highest BCUT2D eigenvalue weighted by molar-refractivity contribution is 5.19. The van der Waals surface area contributed by atoms with Crippen LogP contribution in [0.5, 0.6) is 0 Å². The zero-order valence-corrected chi connectivity index (χ0v) is 12.3. The van der Waals surface area contributed by atoms with Crippen LogP contribution in [0.25, 0.3) is 0 Å². The van der Waals surface area contributed by atoms with Crippen LogP contribution in [0, 0.1) is 5.92 Å². The van der Waals surface area contributed by atoms with Crippen LogP contribution in [0.3, 0.4) is 0 Å². The minimum absolute atomic E-state index is 0.0892. The van der Waals surface area contributed by atoms with Crippen LogP contribution in [0.1, 0.15) is 32.4 Å². The fourth-order valence-corrected chi connectivity index (χ4v) is 2.93. The zero-order valence-electron chi connectivity index (χ0n) is 12.3. The second kappa shape index (κ2) is 6.51. The smallest absolute Gasteiger partial charge is 0.0850 e. The van der Waals surface area contributed by atoms with Crippen molar-refractivity contribution in [3.63, 3.8) is 0 Å². The van der Waals surface area contributed by atoms with E-state index in [2.05, 4.69) is 49.1 Å². The fraction of sp³-hybridized carbons (Fsp3) is 0.625. The molecule has 0 spiro atoms. The Labute approximate surface area is 116 Å². The summed E-state index contributed by atoms with van der Waals surface area (Å²) in [5.74, 6) is 0.578. The summed E-state index contributed by atoms with van der Waals surface area (Å²) in [6, 6.07) is 11.3. The topological polar surface area (TPSA) is 38.5 Å². The van der Waals surface area contributed by atoms with Gasteiger partial charge in [0.25, 0.3) is 0 Å². The highest BCUT2D eigenvalue weighted by atomic mass is 16.5. The molecule has 3 unspecified atom stereocenters. The van der Waals surface area contributed by atoms with Crippen molar-refractivity contribution < 1.29 is 4.74 Å². The molecule has 1 saturated heterocycles. The number of hydrogen-bond acceptors (Lipinski definition) is 3. The summed E-state index contributed by atoms with van der Waals surface area (Å²) in [6.45, 7) is 9.29. The number of nitrogens with two attached hydrogens (primary N) is 1. The van der Waals surface area contributed by atoms with Crippen LogP contribution in [0.15, 0.2) is 30.3 Å². The van der Waals surface area contributed by atoms with Crippen LogP contribution in [-0.2, 0) is 4.74 Å². The lowest BCUT2D eigenvalue weighted by Gasteiger charge is -2.41. The number of ether oxygens (including phenoxy) is 1. The second-order valence-electron chi connectivity index (χ2n) is 5.86. The third-order valence-corrected chi connectivity index (χ3v) is 3.88. The molecule has 106 valence electrons. The number of morpholine rings is 1. The highest BCUT2D eigenvalue weighted by Crippen LogP contribution is 2.30. The third-order valence-electron chi connectivity index (χ3n) is 3.88. The Morgan fingerprint density at radius 2 is 1.89 bits per heavy atom. The van der Waals surface area contributed by atoms with Gasteiger partial charge in [0.15, 0.2) is 0 Å². The van der Waals surface area contributed by atoms with Crippen LogP contribution in [-0.4, -0.2) is 36.7 Å². The van der Waals surface area contributed by atoms with Crippen molar-refractivity contribution in [1.29, 1.82) is 0 Å². The largest absolute Gasteiger partial charge is 0.374 e. The average Bonchev–Trinajstić information content (AvgIpc) is 2.40. The molecule has 1 heterocycles. The SMILES string of the molecule is CC(C)C(c1ccccc1)N1CCOC(C(C)N)C1. The zero-order chi connectivity index (χ0) is 13.8. The van der Waals surface area contributed by atoms with E-state index in [1.807, 2.05) is 6.92 Å². The van der Waals surface area contributed by atoms with Crippen molar-refractivity contribution >= 4 is 0 Å². The molecule has 1 aromatic carbocycles. The summed E-state index contributed by atoms with van der Waals surface area (Å²) < 4.78 is 5.77. The quantitative estimate of drug-likeness (QED) is 0.905. The fourth-order valence-electron chi connectivity index (χ4n) is 2.93. The maximum Gasteiger partial charge on any atom is 0.0850 e. The summed E-state index contributed by atoms with van der Waals surface area (Å²) in [5, 5.41) is 0. The van der Waals surface area contributed by atoms with E-state index in [-0.39, 0.29) is 12.1 Å². The van der Waals surface area contributed by atoms with Crippen molar-refractivity contribution in [2.75, 3.05) is 19.7 Å². The minimum Gasteiger partial charge on any atom is -0.374 e. The Morgan fingerprint density at radius 3 is 2.47 bits per heavy atom. The number of rotatable bonds is 4. The van der Waals surface area contributed by atoms with E-state index in [1.165, 1.54) is 5.56 Å².